The summed E-state index contributed by atoms with van der Waals surface area (Å²) in [6, 6.07) is 0. The van der Waals surface area contributed by atoms with Crippen LogP contribution < -0.4 is 0 Å². The van der Waals surface area contributed by atoms with E-state index >= 15 is 0 Å². The average Bonchev–Trinajstić information content (AvgIpc) is 2.59. The van der Waals surface area contributed by atoms with E-state index in [0.29, 0.717) is 0 Å². The van der Waals surface area contributed by atoms with Crippen LogP contribution in [0.5, 0.6) is 0 Å². The Bertz CT molecular complexity index is 444. The number of hydrogen-bond acceptors (Lipinski definition) is 5. The van der Waals surface area contributed by atoms with Gasteiger partial charge in [-0.2, -0.15) is 0 Å². The molecule has 27 heavy (non-hydrogen) atoms. The molecule has 0 radical (unpaired) electrons. The Labute approximate surface area is 164 Å². The monoisotopic (exact) mass is 386 g/mol. The summed E-state index contributed by atoms with van der Waals surface area (Å²) in [4.78, 5) is 35.4. The van der Waals surface area contributed by atoms with Crippen molar-refractivity contribution in [1.82, 2.24) is 0 Å². The van der Waals surface area contributed by atoms with Crippen LogP contribution in [0.15, 0.2) is 0 Å². The van der Waals surface area contributed by atoms with E-state index < -0.39 is 36.0 Å². The van der Waals surface area contributed by atoms with E-state index in [0.717, 1.165) is 19.3 Å². The summed E-state index contributed by atoms with van der Waals surface area (Å²) in [6.07, 6.45) is 6.72. The van der Waals surface area contributed by atoms with E-state index in [4.69, 9.17) is 9.47 Å². The minimum absolute atomic E-state index is 0.253. The van der Waals surface area contributed by atoms with Crippen molar-refractivity contribution in [2.45, 2.75) is 105 Å². The van der Waals surface area contributed by atoms with Gasteiger partial charge in [0, 0.05) is 6.42 Å². The smallest absolute Gasteiger partial charge is 0.349 e. The molecular formula is C21H38O6. The molecule has 0 saturated carbocycles. The van der Waals surface area contributed by atoms with Crippen LogP contribution in [0.2, 0.25) is 0 Å². The number of carboxylic acids is 1. The predicted octanol–water partition coefficient (Wildman–Crippen LogP) is 4.74. The molecule has 0 aromatic rings. The summed E-state index contributed by atoms with van der Waals surface area (Å²) in [5.41, 5.74) is 0. The minimum Gasteiger partial charge on any atom is -0.478 e. The lowest BCUT2D eigenvalue weighted by Crippen LogP contribution is -2.44. The van der Waals surface area contributed by atoms with Crippen molar-refractivity contribution in [3.63, 3.8) is 0 Å². The van der Waals surface area contributed by atoms with Gasteiger partial charge in [-0.05, 0) is 12.3 Å². The lowest BCUT2D eigenvalue weighted by molar-refractivity contribution is -0.184. The largest absolute Gasteiger partial charge is 0.478 e. The van der Waals surface area contributed by atoms with Crippen molar-refractivity contribution in [1.29, 1.82) is 0 Å². The van der Waals surface area contributed by atoms with E-state index in [2.05, 4.69) is 6.92 Å². The highest BCUT2D eigenvalue weighted by atomic mass is 16.6. The summed E-state index contributed by atoms with van der Waals surface area (Å²) in [5, 5.41) is 9.40. The van der Waals surface area contributed by atoms with Gasteiger partial charge < -0.3 is 14.6 Å². The van der Waals surface area contributed by atoms with Crippen molar-refractivity contribution in [3.8, 4) is 0 Å². The average molecular weight is 387 g/mol. The fraction of sp³-hybridized carbons (Fsp3) is 0.857. The van der Waals surface area contributed by atoms with Crippen LogP contribution in [-0.4, -0.2) is 35.2 Å². The summed E-state index contributed by atoms with van der Waals surface area (Å²) >= 11 is 0. The van der Waals surface area contributed by atoms with Gasteiger partial charge in [-0.3, -0.25) is 9.59 Å². The lowest BCUT2D eigenvalue weighted by Gasteiger charge is -2.27. The van der Waals surface area contributed by atoms with Crippen LogP contribution in [0.3, 0.4) is 0 Å². The first-order valence-corrected chi connectivity index (χ1v) is 10.3. The minimum atomic E-state index is -1.48. The molecule has 0 saturated heterocycles. The molecule has 0 heterocycles. The first-order chi connectivity index (χ1) is 12.7. The Hall–Kier alpha value is -1.59. The third-order valence-electron chi connectivity index (χ3n) is 4.42. The molecule has 0 spiro atoms. The first-order valence-electron chi connectivity index (χ1n) is 10.3. The Balaban J connectivity index is 4.42. The fourth-order valence-corrected chi connectivity index (χ4v) is 2.68. The van der Waals surface area contributed by atoms with Crippen molar-refractivity contribution < 1.29 is 29.0 Å². The van der Waals surface area contributed by atoms with Gasteiger partial charge >= 0.3 is 17.9 Å². The van der Waals surface area contributed by atoms with Gasteiger partial charge in [-0.15, -0.1) is 0 Å². The zero-order valence-electron chi connectivity index (χ0n) is 17.7. The molecule has 0 fully saturated rings. The second-order valence-corrected chi connectivity index (χ2v) is 7.77. The standard InChI is InChI=1S/C21H38O6/c1-6-7-8-9-10-11-12-13-14-17(22)26-18(15(2)3)19(20(23)24)27-21(25)16(4)5/h15-16,18-19H,6-14H2,1-5H3,(H,23,24). The number of carbonyl (C=O) groups excluding carboxylic acids is 2. The van der Waals surface area contributed by atoms with Crippen LogP contribution in [0.25, 0.3) is 0 Å². The lowest BCUT2D eigenvalue weighted by atomic mass is 10.0. The molecule has 0 bridgehead atoms. The van der Waals surface area contributed by atoms with Gasteiger partial charge in [0.05, 0.1) is 5.92 Å². The van der Waals surface area contributed by atoms with Crippen LogP contribution in [0, 0.1) is 11.8 Å². The third-order valence-corrected chi connectivity index (χ3v) is 4.42. The number of carbonyl (C=O) groups is 3. The quantitative estimate of drug-likeness (QED) is 0.323. The number of esters is 2. The van der Waals surface area contributed by atoms with E-state index in [1.54, 1.807) is 27.7 Å². The Kier molecular flexibility index (Phi) is 13.6. The maximum Gasteiger partial charge on any atom is 0.349 e. The fourth-order valence-electron chi connectivity index (χ4n) is 2.68. The van der Waals surface area contributed by atoms with Gasteiger partial charge in [0.25, 0.3) is 0 Å². The summed E-state index contributed by atoms with van der Waals surface area (Å²) in [6.45, 7) is 8.93. The number of carboxylic acid groups (broad SMARTS) is 1. The molecule has 6 heteroatoms. The second-order valence-electron chi connectivity index (χ2n) is 7.77. The molecule has 0 aliphatic rings. The van der Waals surface area contributed by atoms with Crippen LogP contribution in [0.1, 0.15) is 92.4 Å². The maximum atomic E-state index is 12.1. The predicted molar refractivity (Wildman–Crippen MR) is 104 cm³/mol. The van der Waals surface area contributed by atoms with E-state index in [1.807, 2.05) is 0 Å². The molecule has 0 amide bonds. The summed E-state index contributed by atoms with van der Waals surface area (Å²) in [5.74, 6) is -3.09. The van der Waals surface area contributed by atoms with E-state index in [9.17, 15) is 19.5 Å². The van der Waals surface area contributed by atoms with Crippen LogP contribution in [0.4, 0.5) is 0 Å². The highest BCUT2D eigenvalue weighted by Gasteiger charge is 2.37. The molecule has 0 aliphatic heterocycles. The molecule has 2 atom stereocenters. The summed E-state index contributed by atoms with van der Waals surface area (Å²) < 4.78 is 10.5. The number of hydrogen-bond donors (Lipinski definition) is 1. The van der Waals surface area contributed by atoms with Gasteiger partial charge in [0.15, 0.2) is 6.10 Å². The zero-order chi connectivity index (χ0) is 20.8. The van der Waals surface area contributed by atoms with Crippen molar-refractivity contribution in [2.75, 3.05) is 0 Å². The van der Waals surface area contributed by atoms with E-state index in [1.165, 1.54) is 32.1 Å². The molecule has 0 aromatic carbocycles. The molecular weight excluding hydrogens is 348 g/mol. The van der Waals surface area contributed by atoms with Crippen LogP contribution >= 0.6 is 0 Å². The number of aliphatic carboxylic acids is 1. The second kappa shape index (κ2) is 14.5. The molecule has 0 rings (SSSR count). The molecule has 6 nitrogen and oxygen atoms in total. The Morgan fingerprint density at radius 1 is 0.815 bits per heavy atom. The molecule has 0 aromatic heterocycles. The highest BCUT2D eigenvalue weighted by molar-refractivity contribution is 5.80. The number of rotatable bonds is 15. The van der Waals surface area contributed by atoms with Crippen molar-refractivity contribution in [3.05, 3.63) is 0 Å². The molecule has 158 valence electrons. The third kappa shape index (κ3) is 11.7. The number of ether oxygens (including phenoxy) is 2. The topological polar surface area (TPSA) is 89.9 Å². The van der Waals surface area contributed by atoms with Crippen molar-refractivity contribution >= 4 is 17.9 Å². The zero-order valence-corrected chi connectivity index (χ0v) is 17.7. The summed E-state index contributed by atoms with van der Waals surface area (Å²) in [7, 11) is 0. The maximum absolute atomic E-state index is 12.1. The Morgan fingerprint density at radius 3 is 1.78 bits per heavy atom. The highest BCUT2D eigenvalue weighted by Crippen LogP contribution is 2.18. The van der Waals surface area contributed by atoms with Gasteiger partial charge in [0.1, 0.15) is 0 Å². The molecule has 2 unspecified atom stereocenters. The first kappa shape index (κ1) is 25.4. The van der Waals surface area contributed by atoms with Gasteiger partial charge in [-0.25, -0.2) is 4.79 Å². The number of unbranched alkanes of at least 4 members (excludes halogenated alkanes) is 7. The van der Waals surface area contributed by atoms with E-state index in [-0.39, 0.29) is 12.3 Å². The molecule has 1 N–H and O–H groups in total. The SMILES string of the molecule is CCCCCCCCCCC(=O)OC(C(C)C)C(OC(=O)C(C)C)C(=O)O. The van der Waals surface area contributed by atoms with Gasteiger partial charge in [0.2, 0.25) is 6.10 Å². The molecule has 0 aliphatic carbocycles. The Morgan fingerprint density at radius 2 is 1.33 bits per heavy atom. The van der Waals surface area contributed by atoms with Gasteiger partial charge in [-0.1, -0.05) is 79.6 Å². The van der Waals surface area contributed by atoms with Crippen LogP contribution in [-0.2, 0) is 23.9 Å². The van der Waals surface area contributed by atoms with Crippen molar-refractivity contribution in [2.24, 2.45) is 11.8 Å². The normalized spacial score (nSPS) is 13.4.